The van der Waals surface area contributed by atoms with Gasteiger partial charge in [0, 0.05) is 26.1 Å². The van der Waals surface area contributed by atoms with Crippen LogP contribution in [0, 0.1) is 11.6 Å². The summed E-state index contributed by atoms with van der Waals surface area (Å²) in [7, 11) is -3.94. The quantitative estimate of drug-likeness (QED) is 0.819. The molecular weight excluding hydrogens is 350 g/mol. The fraction of sp³-hybridized carbons (Fsp3) is 0.588. The number of sulfonamides is 1. The summed E-state index contributed by atoms with van der Waals surface area (Å²) in [5, 5.41) is 0. The molecule has 0 aromatic heterocycles. The molecule has 25 heavy (non-hydrogen) atoms. The number of hydrogen-bond donors (Lipinski definition) is 0. The first-order valence-electron chi connectivity index (χ1n) is 8.56. The van der Waals surface area contributed by atoms with Crippen molar-refractivity contribution >= 4 is 15.9 Å². The topological polar surface area (TPSA) is 57.7 Å². The maximum Gasteiger partial charge on any atom is 0.243 e. The number of rotatable bonds is 3. The molecule has 0 bridgehead atoms. The van der Waals surface area contributed by atoms with Gasteiger partial charge < -0.3 is 4.90 Å². The van der Waals surface area contributed by atoms with Crippen LogP contribution in [0.25, 0.3) is 0 Å². The van der Waals surface area contributed by atoms with Gasteiger partial charge in [0.25, 0.3) is 0 Å². The number of likely N-dealkylation sites (tertiary alicyclic amines) is 1. The summed E-state index contributed by atoms with van der Waals surface area (Å²) in [6.45, 7) is 2.95. The molecule has 1 unspecified atom stereocenters. The molecule has 1 atom stereocenters. The number of benzene rings is 1. The number of piperidine rings is 2. The standard InChI is InChI=1S/C17H22F2N2O3S/c1-2-21-16(22)5-3-8-17(21)9-4-10-20(12-17)25(23,24)13-6-7-14(18)15(19)11-13/h6-7,11H,2-5,8-10,12H2,1H3. The van der Waals surface area contributed by atoms with E-state index in [0.717, 1.165) is 37.5 Å². The molecule has 0 aliphatic carbocycles. The minimum absolute atomic E-state index is 0.0563. The van der Waals surface area contributed by atoms with Gasteiger partial charge in [0.2, 0.25) is 15.9 Å². The van der Waals surface area contributed by atoms with Crippen LogP contribution >= 0.6 is 0 Å². The number of likely N-dealkylation sites (N-methyl/N-ethyl adjacent to an activating group) is 1. The van der Waals surface area contributed by atoms with Crippen LogP contribution < -0.4 is 0 Å². The van der Waals surface area contributed by atoms with Gasteiger partial charge in [-0.3, -0.25) is 4.79 Å². The molecule has 2 aliphatic heterocycles. The maximum absolute atomic E-state index is 13.5. The monoisotopic (exact) mass is 372 g/mol. The van der Waals surface area contributed by atoms with Crippen molar-refractivity contribution in [3.05, 3.63) is 29.8 Å². The van der Waals surface area contributed by atoms with Crippen molar-refractivity contribution in [1.82, 2.24) is 9.21 Å². The molecule has 138 valence electrons. The lowest BCUT2D eigenvalue weighted by Crippen LogP contribution is -2.62. The van der Waals surface area contributed by atoms with Crippen molar-refractivity contribution in [1.29, 1.82) is 0 Å². The highest BCUT2D eigenvalue weighted by molar-refractivity contribution is 7.89. The summed E-state index contributed by atoms with van der Waals surface area (Å²) in [5.41, 5.74) is -0.492. The number of halogens is 2. The van der Waals surface area contributed by atoms with E-state index in [0.29, 0.717) is 25.9 Å². The van der Waals surface area contributed by atoms with Crippen molar-refractivity contribution in [2.24, 2.45) is 0 Å². The zero-order valence-corrected chi connectivity index (χ0v) is 15.0. The fourth-order valence-corrected chi connectivity index (χ4v) is 5.67. The van der Waals surface area contributed by atoms with E-state index < -0.39 is 27.2 Å². The molecule has 1 aromatic carbocycles. The summed E-state index contributed by atoms with van der Waals surface area (Å²) >= 11 is 0. The van der Waals surface area contributed by atoms with E-state index in [1.807, 2.05) is 6.92 Å². The molecule has 2 fully saturated rings. The van der Waals surface area contributed by atoms with E-state index in [2.05, 4.69) is 0 Å². The predicted octanol–water partition coefficient (Wildman–Crippen LogP) is 2.52. The zero-order chi connectivity index (χ0) is 18.2. The van der Waals surface area contributed by atoms with Gasteiger partial charge in [0.05, 0.1) is 10.4 Å². The first-order valence-corrected chi connectivity index (χ1v) is 10.00. The molecule has 5 nitrogen and oxygen atoms in total. The number of carbonyl (C=O) groups excluding carboxylic acids is 1. The van der Waals surface area contributed by atoms with Crippen molar-refractivity contribution in [2.45, 2.75) is 49.5 Å². The molecule has 0 saturated carbocycles. The normalized spacial score (nSPS) is 25.6. The second-order valence-electron chi connectivity index (χ2n) is 6.73. The minimum Gasteiger partial charge on any atom is -0.336 e. The molecular formula is C17H22F2N2O3S. The van der Waals surface area contributed by atoms with E-state index in [1.54, 1.807) is 4.90 Å². The van der Waals surface area contributed by atoms with E-state index in [4.69, 9.17) is 0 Å². The summed E-state index contributed by atoms with van der Waals surface area (Å²) in [4.78, 5) is 13.8. The summed E-state index contributed by atoms with van der Waals surface area (Å²) in [5.74, 6) is -2.21. The van der Waals surface area contributed by atoms with Crippen LogP contribution in [0.2, 0.25) is 0 Å². The van der Waals surface area contributed by atoms with E-state index in [1.165, 1.54) is 4.31 Å². The lowest BCUT2D eigenvalue weighted by atomic mass is 9.80. The van der Waals surface area contributed by atoms with Gasteiger partial charge in [-0.2, -0.15) is 4.31 Å². The van der Waals surface area contributed by atoms with Crippen LogP contribution in [0.4, 0.5) is 8.78 Å². The van der Waals surface area contributed by atoms with Crippen LogP contribution in [-0.2, 0) is 14.8 Å². The summed E-state index contributed by atoms with van der Waals surface area (Å²) in [6, 6.07) is 2.62. The first kappa shape index (κ1) is 18.3. The smallest absolute Gasteiger partial charge is 0.243 e. The van der Waals surface area contributed by atoms with Crippen molar-refractivity contribution in [3.63, 3.8) is 0 Å². The number of nitrogens with zero attached hydrogens (tertiary/aromatic N) is 2. The Morgan fingerprint density at radius 3 is 2.56 bits per heavy atom. The Morgan fingerprint density at radius 1 is 1.16 bits per heavy atom. The van der Waals surface area contributed by atoms with Crippen molar-refractivity contribution < 1.29 is 22.0 Å². The molecule has 3 rings (SSSR count). The second kappa shape index (κ2) is 6.64. The van der Waals surface area contributed by atoms with Gasteiger partial charge in [-0.05, 0) is 50.8 Å². The Morgan fingerprint density at radius 2 is 1.88 bits per heavy atom. The Hall–Kier alpha value is -1.54. The highest BCUT2D eigenvalue weighted by atomic mass is 32.2. The summed E-state index contributed by atoms with van der Waals surface area (Å²) in [6.07, 6.45) is 3.39. The van der Waals surface area contributed by atoms with Gasteiger partial charge in [0.15, 0.2) is 11.6 Å². The number of carbonyl (C=O) groups is 1. The van der Waals surface area contributed by atoms with E-state index in [-0.39, 0.29) is 17.3 Å². The van der Waals surface area contributed by atoms with E-state index >= 15 is 0 Å². The molecule has 0 N–H and O–H groups in total. The number of hydrogen-bond acceptors (Lipinski definition) is 3. The Bertz CT molecular complexity index is 780. The van der Waals surface area contributed by atoms with Gasteiger partial charge in [-0.15, -0.1) is 0 Å². The van der Waals surface area contributed by atoms with Gasteiger partial charge in [-0.25, -0.2) is 17.2 Å². The lowest BCUT2D eigenvalue weighted by molar-refractivity contribution is -0.144. The third-order valence-electron chi connectivity index (χ3n) is 5.27. The van der Waals surface area contributed by atoms with Crippen LogP contribution in [0.5, 0.6) is 0 Å². The second-order valence-corrected chi connectivity index (χ2v) is 8.67. The van der Waals surface area contributed by atoms with Crippen molar-refractivity contribution in [3.8, 4) is 0 Å². The third-order valence-corrected chi connectivity index (χ3v) is 7.11. The maximum atomic E-state index is 13.5. The van der Waals surface area contributed by atoms with Crippen LogP contribution in [0.15, 0.2) is 23.1 Å². The largest absolute Gasteiger partial charge is 0.336 e. The molecule has 0 radical (unpaired) electrons. The molecule has 1 spiro atoms. The lowest BCUT2D eigenvalue weighted by Gasteiger charge is -2.51. The molecule has 2 aliphatic rings. The third kappa shape index (κ3) is 3.17. The SMILES string of the molecule is CCN1C(=O)CCCC12CCCN(S(=O)(=O)c1ccc(F)c(F)c1)C2. The molecule has 1 amide bonds. The Labute approximate surface area is 146 Å². The average Bonchev–Trinajstić information content (AvgIpc) is 2.57. The molecule has 8 heteroatoms. The van der Waals surface area contributed by atoms with Crippen LogP contribution in [-0.4, -0.2) is 48.7 Å². The van der Waals surface area contributed by atoms with E-state index in [9.17, 15) is 22.0 Å². The predicted molar refractivity (Wildman–Crippen MR) is 88.3 cm³/mol. The van der Waals surface area contributed by atoms with Gasteiger partial charge in [-0.1, -0.05) is 0 Å². The molecule has 1 aromatic rings. The molecule has 2 heterocycles. The Balaban J connectivity index is 1.92. The van der Waals surface area contributed by atoms with Crippen LogP contribution in [0.3, 0.4) is 0 Å². The Kier molecular flexibility index (Phi) is 4.85. The van der Waals surface area contributed by atoms with Gasteiger partial charge >= 0.3 is 0 Å². The van der Waals surface area contributed by atoms with Crippen molar-refractivity contribution in [2.75, 3.05) is 19.6 Å². The number of amides is 1. The first-order chi connectivity index (χ1) is 11.8. The average molecular weight is 372 g/mol. The zero-order valence-electron chi connectivity index (χ0n) is 14.2. The highest BCUT2D eigenvalue weighted by Crippen LogP contribution is 2.38. The fourth-order valence-electron chi connectivity index (χ4n) is 4.10. The highest BCUT2D eigenvalue weighted by Gasteiger charge is 2.46. The van der Waals surface area contributed by atoms with Crippen LogP contribution in [0.1, 0.15) is 39.0 Å². The van der Waals surface area contributed by atoms with Gasteiger partial charge in [0.1, 0.15) is 0 Å². The minimum atomic E-state index is -3.94. The summed E-state index contributed by atoms with van der Waals surface area (Å²) < 4.78 is 53.7. The molecule has 2 saturated heterocycles.